The quantitative estimate of drug-likeness (QED) is 0.685. The lowest BCUT2D eigenvalue weighted by atomic mass is 9.90. The third kappa shape index (κ3) is 3.35. The first kappa shape index (κ1) is 10.5. The molecule has 0 aromatic carbocycles. The average Bonchev–Trinajstić information content (AvgIpc) is 2.15. The summed E-state index contributed by atoms with van der Waals surface area (Å²) in [5, 5.41) is 3.20. The van der Waals surface area contributed by atoms with Crippen molar-refractivity contribution in [1.29, 1.82) is 0 Å². The Balaban J connectivity index is 2.18. The molecular weight excluding hydrogens is 164 g/mol. The lowest BCUT2D eigenvalue weighted by Crippen LogP contribution is -2.46. The number of rotatable bonds is 4. The van der Waals surface area contributed by atoms with Gasteiger partial charge in [-0.1, -0.05) is 19.8 Å². The summed E-state index contributed by atoms with van der Waals surface area (Å²) < 4.78 is 0. The molecule has 13 heavy (non-hydrogen) atoms. The number of carbonyl (C=O) groups excluding carboxylic acids is 1. The normalized spacial score (nSPS) is 28.7. The second kappa shape index (κ2) is 5.22. The molecule has 1 fully saturated rings. The minimum atomic E-state index is -0.200. The van der Waals surface area contributed by atoms with Gasteiger partial charge < -0.3 is 11.1 Å². The molecule has 3 heteroatoms. The fraction of sp³-hybridized carbons (Fsp3) is 0.900. The highest BCUT2D eigenvalue weighted by molar-refractivity contribution is 5.79. The molecule has 1 aliphatic heterocycles. The molecule has 1 saturated heterocycles. The molecule has 76 valence electrons. The Hall–Kier alpha value is -0.570. The van der Waals surface area contributed by atoms with Crippen molar-refractivity contribution in [3.8, 4) is 0 Å². The van der Waals surface area contributed by atoms with E-state index in [2.05, 4.69) is 12.2 Å². The number of piperidine rings is 1. The molecule has 0 aromatic rings. The van der Waals surface area contributed by atoms with Crippen molar-refractivity contribution < 1.29 is 4.79 Å². The van der Waals surface area contributed by atoms with Crippen LogP contribution in [-0.4, -0.2) is 18.5 Å². The van der Waals surface area contributed by atoms with Crippen LogP contribution in [-0.2, 0) is 4.79 Å². The zero-order valence-electron chi connectivity index (χ0n) is 8.38. The van der Waals surface area contributed by atoms with Gasteiger partial charge in [-0.15, -0.1) is 0 Å². The molecule has 0 saturated carbocycles. The standard InChI is InChI=1S/C10H20N2O/c1-2-3-4-8-5-6-9(10(11)13)12-7-8/h8-9,12H,2-7H2,1H3,(H2,11,13)/t8-,9-/m1/s1. The highest BCUT2D eigenvalue weighted by Gasteiger charge is 2.23. The predicted octanol–water partition coefficient (Wildman–Crippen LogP) is 1.03. The molecule has 1 aliphatic rings. The Kier molecular flexibility index (Phi) is 4.22. The SMILES string of the molecule is CCCC[C@@H]1CC[C@H](C(N)=O)NC1. The number of carbonyl (C=O) groups is 1. The van der Waals surface area contributed by atoms with E-state index in [9.17, 15) is 4.79 Å². The molecule has 1 heterocycles. The summed E-state index contributed by atoms with van der Waals surface area (Å²) in [6.45, 7) is 3.18. The Morgan fingerprint density at radius 2 is 2.31 bits per heavy atom. The highest BCUT2D eigenvalue weighted by Crippen LogP contribution is 2.19. The lowest BCUT2D eigenvalue weighted by molar-refractivity contribution is -0.120. The van der Waals surface area contributed by atoms with Crippen LogP contribution < -0.4 is 11.1 Å². The highest BCUT2D eigenvalue weighted by atomic mass is 16.1. The molecule has 3 nitrogen and oxygen atoms in total. The predicted molar refractivity (Wildman–Crippen MR) is 53.2 cm³/mol. The summed E-state index contributed by atoms with van der Waals surface area (Å²) in [6, 6.07) is -0.0714. The molecule has 1 amide bonds. The first-order valence-corrected chi connectivity index (χ1v) is 5.26. The van der Waals surface area contributed by atoms with Crippen molar-refractivity contribution in [3.63, 3.8) is 0 Å². The van der Waals surface area contributed by atoms with Gasteiger partial charge in [0.05, 0.1) is 6.04 Å². The fourth-order valence-electron chi connectivity index (χ4n) is 1.90. The summed E-state index contributed by atoms with van der Waals surface area (Å²) in [7, 11) is 0. The van der Waals surface area contributed by atoms with Crippen LogP contribution in [0.3, 0.4) is 0 Å². The summed E-state index contributed by atoms with van der Waals surface area (Å²) in [5.74, 6) is 0.560. The van der Waals surface area contributed by atoms with Gasteiger partial charge in [-0.2, -0.15) is 0 Å². The summed E-state index contributed by atoms with van der Waals surface area (Å²) in [6.07, 6.45) is 5.92. The number of nitrogens with one attached hydrogen (secondary N) is 1. The fourth-order valence-corrected chi connectivity index (χ4v) is 1.90. The van der Waals surface area contributed by atoms with E-state index in [0.717, 1.165) is 25.3 Å². The zero-order valence-corrected chi connectivity index (χ0v) is 8.38. The van der Waals surface area contributed by atoms with Crippen LogP contribution in [0.1, 0.15) is 39.0 Å². The van der Waals surface area contributed by atoms with E-state index < -0.39 is 0 Å². The minimum Gasteiger partial charge on any atom is -0.368 e. The maximum atomic E-state index is 10.8. The second-order valence-electron chi connectivity index (χ2n) is 3.95. The molecule has 0 aliphatic carbocycles. The third-order valence-corrected chi connectivity index (χ3v) is 2.83. The van der Waals surface area contributed by atoms with Gasteiger partial charge in [0, 0.05) is 0 Å². The van der Waals surface area contributed by atoms with Crippen molar-refractivity contribution in [3.05, 3.63) is 0 Å². The van der Waals surface area contributed by atoms with Gasteiger partial charge >= 0.3 is 0 Å². The topological polar surface area (TPSA) is 55.1 Å². The molecular formula is C10H20N2O. The van der Waals surface area contributed by atoms with E-state index in [1.54, 1.807) is 0 Å². The number of nitrogens with two attached hydrogens (primary N) is 1. The van der Waals surface area contributed by atoms with Gasteiger partial charge in [0.1, 0.15) is 0 Å². The van der Waals surface area contributed by atoms with E-state index in [1.165, 1.54) is 19.3 Å². The van der Waals surface area contributed by atoms with Crippen LogP contribution in [0.25, 0.3) is 0 Å². The lowest BCUT2D eigenvalue weighted by Gasteiger charge is -2.27. The zero-order chi connectivity index (χ0) is 9.68. The molecule has 0 radical (unpaired) electrons. The second-order valence-corrected chi connectivity index (χ2v) is 3.95. The Labute approximate surface area is 80.1 Å². The van der Waals surface area contributed by atoms with Gasteiger partial charge in [-0.3, -0.25) is 4.79 Å². The monoisotopic (exact) mass is 184 g/mol. The van der Waals surface area contributed by atoms with E-state index in [1.807, 2.05) is 0 Å². The van der Waals surface area contributed by atoms with Gasteiger partial charge in [-0.25, -0.2) is 0 Å². The van der Waals surface area contributed by atoms with Crippen molar-refractivity contribution in [2.45, 2.75) is 45.1 Å². The molecule has 0 unspecified atom stereocenters. The van der Waals surface area contributed by atoms with Gasteiger partial charge in [0.25, 0.3) is 0 Å². The number of hydrogen-bond acceptors (Lipinski definition) is 2. The van der Waals surface area contributed by atoms with Crippen molar-refractivity contribution in [2.75, 3.05) is 6.54 Å². The Morgan fingerprint density at radius 3 is 2.77 bits per heavy atom. The van der Waals surface area contributed by atoms with E-state index in [-0.39, 0.29) is 11.9 Å². The van der Waals surface area contributed by atoms with E-state index in [0.29, 0.717) is 0 Å². The average molecular weight is 184 g/mol. The number of amides is 1. The van der Waals surface area contributed by atoms with Gasteiger partial charge in [0.2, 0.25) is 5.91 Å². The van der Waals surface area contributed by atoms with Crippen LogP contribution in [0.4, 0.5) is 0 Å². The Morgan fingerprint density at radius 1 is 1.54 bits per heavy atom. The number of primary amides is 1. The molecule has 2 atom stereocenters. The van der Waals surface area contributed by atoms with Crippen LogP contribution in [0, 0.1) is 5.92 Å². The van der Waals surface area contributed by atoms with E-state index >= 15 is 0 Å². The van der Waals surface area contributed by atoms with Gasteiger partial charge in [-0.05, 0) is 31.7 Å². The maximum absolute atomic E-state index is 10.8. The third-order valence-electron chi connectivity index (χ3n) is 2.83. The first-order valence-electron chi connectivity index (χ1n) is 5.26. The van der Waals surface area contributed by atoms with Crippen LogP contribution >= 0.6 is 0 Å². The first-order chi connectivity index (χ1) is 6.24. The molecule has 0 spiro atoms. The molecule has 3 N–H and O–H groups in total. The van der Waals surface area contributed by atoms with Gasteiger partial charge in [0.15, 0.2) is 0 Å². The molecule has 1 rings (SSSR count). The largest absolute Gasteiger partial charge is 0.368 e. The van der Waals surface area contributed by atoms with Crippen molar-refractivity contribution in [1.82, 2.24) is 5.32 Å². The maximum Gasteiger partial charge on any atom is 0.234 e. The smallest absolute Gasteiger partial charge is 0.234 e. The van der Waals surface area contributed by atoms with Crippen LogP contribution in [0.2, 0.25) is 0 Å². The summed E-state index contributed by atoms with van der Waals surface area (Å²) in [4.78, 5) is 10.8. The summed E-state index contributed by atoms with van der Waals surface area (Å²) in [5.41, 5.74) is 5.21. The van der Waals surface area contributed by atoms with Crippen LogP contribution in [0.15, 0.2) is 0 Å². The number of hydrogen-bond donors (Lipinski definition) is 2. The van der Waals surface area contributed by atoms with Crippen molar-refractivity contribution >= 4 is 5.91 Å². The summed E-state index contributed by atoms with van der Waals surface area (Å²) >= 11 is 0. The van der Waals surface area contributed by atoms with Crippen molar-refractivity contribution in [2.24, 2.45) is 11.7 Å². The molecule has 0 bridgehead atoms. The van der Waals surface area contributed by atoms with Crippen LogP contribution in [0.5, 0.6) is 0 Å². The Bertz CT molecular complexity index is 162. The number of unbranched alkanes of at least 4 members (excludes halogenated alkanes) is 1. The van der Waals surface area contributed by atoms with E-state index in [4.69, 9.17) is 5.73 Å². The minimum absolute atomic E-state index is 0.0714. The molecule has 0 aromatic heterocycles.